The molecule has 0 spiro atoms. The third-order valence-corrected chi connectivity index (χ3v) is 4.29. The number of aliphatic hydroxyl groups excluding tert-OH is 2. The van der Waals surface area contributed by atoms with Crippen LogP contribution in [0.4, 0.5) is 0 Å². The van der Waals surface area contributed by atoms with Crippen LogP contribution in [0.5, 0.6) is 0 Å². The van der Waals surface area contributed by atoms with Gasteiger partial charge in [-0.05, 0) is 45.6 Å². The number of ketones is 1. The quantitative estimate of drug-likeness (QED) is 0.591. The minimum Gasteiger partial charge on any atom is -0.515 e. The van der Waals surface area contributed by atoms with Gasteiger partial charge in [0.05, 0.1) is 23.3 Å². The molecule has 116 valence electrons. The molecule has 0 heterocycles. The van der Waals surface area contributed by atoms with Crippen molar-refractivity contribution in [2.24, 2.45) is 5.92 Å². The molecule has 0 aromatic rings. The third kappa shape index (κ3) is 4.32. The zero-order valence-corrected chi connectivity index (χ0v) is 13.5. The lowest BCUT2D eigenvalue weighted by molar-refractivity contribution is -0.121. The van der Waals surface area contributed by atoms with Gasteiger partial charge < -0.3 is 10.2 Å². The first kappa shape index (κ1) is 17.7. The molecule has 2 atom stereocenters. The van der Waals surface area contributed by atoms with Gasteiger partial charge in [0.25, 0.3) is 0 Å². The number of allylic oxidation sites excluding steroid dienone is 5. The molecule has 0 aromatic carbocycles. The Labute approximate surface area is 131 Å². The van der Waals surface area contributed by atoms with Crippen LogP contribution < -0.4 is 0 Å². The van der Waals surface area contributed by atoms with Gasteiger partial charge in [0.1, 0.15) is 0 Å². The lowest BCUT2D eigenvalue weighted by Crippen LogP contribution is -2.35. The smallest absolute Gasteiger partial charge is 0.180 e. The highest BCUT2D eigenvalue weighted by atomic mass is 35.5. The lowest BCUT2D eigenvalue weighted by Gasteiger charge is -2.28. The Balaban J connectivity index is 2.84. The maximum absolute atomic E-state index is 12.2. The number of hydrogen-bond acceptors (Lipinski definition) is 3. The van der Waals surface area contributed by atoms with Crippen LogP contribution in [-0.2, 0) is 4.79 Å². The number of halogens is 1. The molecule has 2 unspecified atom stereocenters. The number of Topliss-reactive ketones (excluding diaryl/α,β-unsaturated/α-hetero) is 1. The van der Waals surface area contributed by atoms with E-state index in [0.29, 0.717) is 17.6 Å². The SMILES string of the molecule is C/C=C\CC/C(C)=C/CC1C(=O)C(Cl)=C(C)/C(=C/O)C1O. The first-order chi connectivity index (χ1) is 9.93. The van der Waals surface area contributed by atoms with Crippen molar-refractivity contribution in [2.75, 3.05) is 0 Å². The fraction of sp³-hybridized carbons (Fsp3) is 0.471. The highest BCUT2D eigenvalue weighted by Gasteiger charge is 2.37. The minimum absolute atomic E-state index is 0.102. The lowest BCUT2D eigenvalue weighted by atomic mass is 9.80. The van der Waals surface area contributed by atoms with Crippen LogP contribution in [0.15, 0.2) is 46.2 Å². The Kier molecular flexibility index (Phi) is 6.93. The number of hydrogen-bond donors (Lipinski definition) is 2. The van der Waals surface area contributed by atoms with Crippen molar-refractivity contribution >= 4 is 17.4 Å². The molecule has 2 N–H and O–H groups in total. The third-order valence-electron chi connectivity index (χ3n) is 3.82. The molecule has 0 aromatic heterocycles. The fourth-order valence-electron chi connectivity index (χ4n) is 2.37. The van der Waals surface area contributed by atoms with Crippen molar-refractivity contribution in [2.45, 2.75) is 46.1 Å². The summed E-state index contributed by atoms with van der Waals surface area (Å²) in [6.45, 7) is 5.62. The highest BCUT2D eigenvalue weighted by Crippen LogP contribution is 2.35. The molecule has 0 saturated carbocycles. The Bertz CT molecular complexity index is 512. The minimum atomic E-state index is -1.01. The Morgan fingerprint density at radius 3 is 2.67 bits per heavy atom. The molecule has 0 bridgehead atoms. The molecule has 0 aliphatic heterocycles. The standard InChI is InChI=1S/C17H23ClO3/c1-4-5-6-7-11(2)8-9-13-16(20)14(10-19)12(3)15(18)17(13)21/h4-5,8,10,13,16,19-20H,6-7,9H2,1-3H3/b5-4-,11-8+,14-10-. The second kappa shape index (κ2) is 8.20. The van der Waals surface area contributed by atoms with E-state index in [1.54, 1.807) is 6.92 Å². The first-order valence-corrected chi connectivity index (χ1v) is 7.51. The summed E-state index contributed by atoms with van der Waals surface area (Å²) in [5.41, 5.74) is 1.94. The summed E-state index contributed by atoms with van der Waals surface area (Å²) in [6, 6.07) is 0. The van der Waals surface area contributed by atoms with E-state index in [0.717, 1.165) is 19.1 Å². The van der Waals surface area contributed by atoms with Crippen molar-refractivity contribution in [1.29, 1.82) is 0 Å². The van der Waals surface area contributed by atoms with Gasteiger partial charge in [-0.1, -0.05) is 35.4 Å². The van der Waals surface area contributed by atoms with Crippen LogP contribution in [0.3, 0.4) is 0 Å². The van der Waals surface area contributed by atoms with Crippen molar-refractivity contribution in [3.05, 3.63) is 46.2 Å². The van der Waals surface area contributed by atoms with E-state index in [1.807, 2.05) is 26.0 Å². The van der Waals surface area contributed by atoms with E-state index >= 15 is 0 Å². The summed E-state index contributed by atoms with van der Waals surface area (Å²) in [5, 5.41) is 19.6. The zero-order chi connectivity index (χ0) is 16.0. The average Bonchev–Trinajstić information content (AvgIpc) is 2.46. The molecule has 0 amide bonds. The summed E-state index contributed by atoms with van der Waals surface area (Å²) in [6.07, 6.45) is 8.20. The van der Waals surface area contributed by atoms with Gasteiger partial charge in [0.2, 0.25) is 0 Å². The van der Waals surface area contributed by atoms with Gasteiger partial charge in [-0.3, -0.25) is 4.79 Å². The van der Waals surface area contributed by atoms with E-state index in [4.69, 9.17) is 11.6 Å². The maximum Gasteiger partial charge on any atom is 0.180 e. The summed E-state index contributed by atoms with van der Waals surface area (Å²) in [4.78, 5) is 12.2. The molecule has 1 aliphatic rings. The van der Waals surface area contributed by atoms with Gasteiger partial charge in [0.15, 0.2) is 5.78 Å². The average molecular weight is 311 g/mol. The van der Waals surface area contributed by atoms with Crippen LogP contribution in [0.25, 0.3) is 0 Å². The molecule has 1 rings (SSSR count). The van der Waals surface area contributed by atoms with Gasteiger partial charge in [-0.15, -0.1) is 0 Å². The second-order valence-electron chi connectivity index (χ2n) is 5.33. The number of aliphatic hydroxyl groups is 2. The topological polar surface area (TPSA) is 57.5 Å². The predicted octanol–water partition coefficient (Wildman–Crippen LogP) is 4.19. The van der Waals surface area contributed by atoms with Crippen molar-refractivity contribution in [1.82, 2.24) is 0 Å². The molecule has 4 heteroatoms. The van der Waals surface area contributed by atoms with Crippen LogP contribution in [-0.4, -0.2) is 22.1 Å². The van der Waals surface area contributed by atoms with E-state index in [1.165, 1.54) is 5.57 Å². The summed E-state index contributed by atoms with van der Waals surface area (Å²) < 4.78 is 0. The maximum atomic E-state index is 12.2. The van der Waals surface area contributed by atoms with Crippen molar-refractivity contribution < 1.29 is 15.0 Å². The summed E-state index contributed by atoms with van der Waals surface area (Å²) in [5.74, 6) is -0.888. The van der Waals surface area contributed by atoms with Crippen LogP contribution in [0.2, 0.25) is 0 Å². The van der Waals surface area contributed by atoms with E-state index in [-0.39, 0.29) is 10.8 Å². The zero-order valence-electron chi connectivity index (χ0n) is 12.8. The Hall–Kier alpha value is -1.32. The number of carbonyl (C=O) groups excluding carboxylic acids is 1. The normalized spacial score (nSPS) is 26.2. The Morgan fingerprint density at radius 1 is 1.43 bits per heavy atom. The molecular weight excluding hydrogens is 288 g/mol. The molecule has 0 saturated heterocycles. The molecule has 1 aliphatic carbocycles. The largest absolute Gasteiger partial charge is 0.515 e. The van der Waals surface area contributed by atoms with Gasteiger partial charge >= 0.3 is 0 Å². The van der Waals surface area contributed by atoms with E-state index in [9.17, 15) is 15.0 Å². The number of rotatable bonds is 5. The monoisotopic (exact) mass is 310 g/mol. The predicted molar refractivity (Wildman–Crippen MR) is 86.2 cm³/mol. The molecular formula is C17H23ClO3. The van der Waals surface area contributed by atoms with Gasteiger partial charge in [-0.25, -0.2) is 0 Å². The second-order valence-corrected chi connectivity index (χ2v) is 5.71. The Morgan fingerprint density at radius 2 is 2.10 bits per heavy atom. The van der Waals surface area contributed by atoms with Crippen LogP contribution >= 0.6 is 11.6 Å². The fourth-order valence-corrected chi connectivity index (χ4v) is 2.62. The molecule has 0 fully saturated rings. The van der Waals surface area contributed by atoms with Crippen molar-refractivity contribution in [3.63, 3.8) is 0 Å². The van der Waals surface area contributed by atoms with Gasteiger partial charge in [-0.2, -0.15) is 0 Å². The summed E-state index contributed by atoms with van der Waals surface area (Å²) >= 11 is 6.01. The molecule has 0 radical (unpaired) electrons. The van der Waals surface area contributed by atoms with Gasteiger partial charge in [0, 0.05) is 5.57 Å². The highest BCUT2D eigenvalue weighted by molar-refractivity contribution is 6.43. The van der Waals surface area contributed by atoms with Crippen molar-refractivity contribution in [3.8, 4) is 0 Å². The number of carbonyl (C=O) groups is 1. The van der Waals surface area contributed by atoms with E-state index in [2.05, 4.69) is 6.08 Å². The first-order valence-electron chi connectivity index (χ1n) is 7.14. The van der Waals surface area contributed by atoms with Crippen LogP contribution in [0.1, 0.15) is 40.0 Å². The van der Waals surface area contributed by atoms with Crippen LogP contribution in [0, 0.1) is 5.92 Å². The molecule has 3 nitrogen and oxygen atoms in total. The molecule has 21 heavy (non-hydrogen) atoms. The summed E-state index contributed by atoms with van der Waals surface area (Å²) in [7, 11) is 0. The van der Waals surface area contributed by atoms with E-state index < -0.39 is 12.0 Å².